The van der Waals surface area contributed by atoms with Crippen LogP contribution in [0.3, 0.4) is 0 Å². The summed E-state index contributed by atoms with van der Waals surface area (Å²) in [6.07, 6.45) is -4.32. The first-order valence-electron chi connectivity index (χ1n) is 8.80. The molecule has 0 aliphatic carbocycles. The molecule has 0 aromatic heterocycles. The average molecular weight is 558 g/mol. The Kier molecular flexibility index (Phi) is 11.3. The van der Waals surface area contributed by atoms with E-state index in [-0.39, 0.29) is 30.6 Å². The molecule has 0 spiro atoms. The highest BCUT2D eigenvalue weighted by atomic mass is 127. The summed E-state index contributed by atoms with van der Waals surface area (Å²) in [5.74, 6) is 1.28. The molecule has 0 bridgehead atoms. The van der Waals surface area contributed by atoms with Crippen molar-refractivity contribution in [2.75, 3.05) is 20.8 Å². The van der Waals surface area contributed by atoms with Crippen LogP contribution in [0.5, 0.6) is 5.75 Å². The number of halogens is 5. The van der Waals surface area contributed by atoms with Gasteiger partial charge in [-0.25, -0.2) is 0 Å². The van der Waals surface area contributed by atoms with Gasteiger partial charge in [0.15, 0.2) is 5.96 Å². The molecule has 0 fully saturated rings. The summed E-state index contributed by atoms with van der Waals surface area (Å²) in [6.45, 7) is -0.341. The quantitative estimate of drug-likeness (QED) is 0.275. The van der Waals surface area contributed by atoms with Crippen LogP contribution in [-0.4, -0.2) is 32.9 Å². The number of benzene rings is 2. The molecule has 0 amide bonds. The molecule has 2 rings (SSSR count). The second-order valence-electron chi connectivity index (χ2n) is 6.16. The first-order chi connectivity index (χ1) is 13.8. The molecule has 0 saturated heterocycles. The minimum Gasteiger partial charge on any atom is -0.496 e. The van der Waals surface area contributed by atoms with Crippen LogP contribution in [0.2, 0.25) is 5.02 Å². The van der Waals surface area contributed by atoms with Crippen molar-refractivity contribution in [3.8, 4) is 5.75 Å². The third-order valence-corrected chi connectivity index (χ3v) is 4.17. The summed E-state index contributed by atoms with van der Waals surface area (Å²) in [5, 5.41) is 6.97. The molecule has 0 heterocycles. The second kappa shape index (κ2) is 12.9. The normalized spacial score (nSPS) is 11.6. The van der Waals surface area contributed by atoms with Gasteiger partial charge >= 0.3 is 6.18 Å². The van der Waals surface area contributed by atoms with E-state index in [2.05, 4.69) is 20.4 Å². The van der Waals surface area contributed by atoms with Gasteiger partial charge in [0.1, 0.15) is 12.4 Å². The maximum absolute atomic E-state index is 12.1. The largest absolute Gasteiger partial charge is 0.496 e. The summed E-state index contributed by atoms with van der Waals surface area (Å²) in [4.78, 5) is 4.17. The zero-order valence-electron chi connectivity index (χ0n) is 16.6. The standard InChI is InChI=1S/C20H23ClF3N3O2.HI/c1-25-19(27-11-16-7-8-17(21)9-18(16)28-2)26-10-14-3-5-15(6-4-14)12-29-13-20(22,23)24;/h3-9H,10-13H2,1-2H3,(H2,25,26,27);1H. The average Bonchev–Trinajstić information content (AvgIpc) is 2.69. The Morgan fingerprint density at radius 2 is 1.67 bits per heavy atom. The van der Waals surface area contributed by atoms with Gasteiger partial charge in [-0.15, -0.1) is 24.0 Å². The number of ether oxygens (including phenoxy) is 2. The molecule has 0 saturated carbocycles. The summed E-state index contributed by atoms with van der Waals surface area (Å²) < 4.78 is 46.3. The lowest BCUT2D eigenvalue weighted by molar-refractivity contribution is -0.176. The predicted molar refractivity (Wildman–Crippen MR) is 123 cm³/mol. The second-order valence-corrected chi connectivity index (χ2v) is 6.60. The first-order valence-corrected chi connectivity index (χ1v) is 9.18. The van der Waals surface area contributed by atoms with Gasteiger partial charge < -0.3 is 20.1 Å². The lowest BCUT2D eigenvalue weighted by atomic mass is 10.1. The fourth-order valence-corrected chi connectivity index (χ4v) is 2.65. The molecule has 5 nitrogen and oxygen atoms in total. The van der Waals surface area contributed by atoms with Crippen molar-refractivity contribution < 1.29 is 22.6 Å². The molecular weight excluding hydrogens is 534 g/mol. The van der Waals surface area contributed by atoms with Crippen LogP contribution in [-0.2, 0) is 24.4 Å². The fraction of sp³-hybridized carbons (Fsp3) is 0.350. The van der Waals surface area contributed by atoms with Crippen LogP contribution in [0.15, 0.2) is 47.5 Å². The van der Waals surface area contributed by atoms with Crippen LogP contribution in [0.25, 0.3) is 0 Å². The summed E-state index contributed by atoms with van der Waals surface area (Å²) >= 11 is 5.97. The van der Waals surface area contributed by atoms with Gasteiger partial charge in [0.2, 0.25) is 0 Å². The Balaban J connectivity index is 0.00000450. The topological polar surface area (TPSA) is 54.9 Å². The van der Waals surface area contributed by atoms with Gasteiger partial charge in [0, 0.05) is 30.7 Å². The number of guanidine groups is 1. The molecule has 2 N–H and O–H groups in total. The number of nitrogens with zero attached hydrogens (tertiary/aromatic N) is 1. The Morgan fingerprint density at radius 3 is 2.27 bits per heavy atom. The monoisotopic (exact) mass is 557 g/mol. The molecule has 2 aromatic rings. The van der Waals surface area contributed by atoms with Crippen LogP contribution < -0.4 is 15.4 Å². The van der Waals surface area contributed by atoms with Gasteiger partial charge in [-0.3, -0.25) is 4.99 Å². The predicted octanol–water partition coefficient (Wildman–Crippen LogP) is 4.91. The maximum atomic E-state index is 12.1. The number of rotatable bonds is 8. The minimum absolute atomic E-state index is 0. The fourth-order valence-electron chi connectivity index (χ4n) is 2.49. The minimum atomic E-state index is -4.32. The number of alkyl halides is 3. The Bertz CT molecular complexity index is 818. The lowest BCUT2D eigenvalue weighted by Crippen LogP contribution is -2.36. The Hall–Kier alpha value is -1.72. The van der Waals surface area contributed by atoms with Gasteiger partial charge in [-0.05, 0) is 23.3 Å². The molecule has 2 aromatic carbocycles. The van der Waals surface area contributed by atoms with Gasteiger partial charge in [0.05, 0.1) is 13.7 Å². The summed E-state index contributed by atoms with van der Waals surface area (Å²) in [5.41, 5.74) is 2.56. The Morgan fingerprint density at radius 1 is 1.03 bits per heavy atom. The maximum Gasteiger partial charge on any atom is 0.411 e. The van der Waals surface area contributed by atoms with Crippen molar-refractivity contribution in [3.05, 3.63) is 64.2 Å². The molecule has 0 atom stereocenters. The molecule has 10 heteroatoms. The lowest BCUT2D eigenvalue weighted by Gasteiger charge is -2.14. The van der Waals surface area contributed by atoms with E-state index < -0.39 is 12.8 Å². The van der Waals surface area contributed by atoms with Crippen molar-refractivity contribution in [2.24, 2.45) is 4.99 Å². The molecule has 30 heavy (non-hydrogen) atoms. The summed E-state index contributed by atoms with van der Waals surface area (Å²) in [7, 11) is 3.25. The highest BCUT2D eigenvalue weighted by Crippen LogP contribution is 2.22. The van der Waals surface area contributed by atoms with E-state index in [1.54, 1.807) is 38.4 Å². The first kappa shape index (κ1) is 26.3. The Labute approximate surface area is 196 Å². The van der Waals surface area contributed by atoms with Crippen molar-refractivity contribution >= 4 is 41.5 Å². The van der Waals surface area contributed by atoms with E-state index in [9.17, 15) is 13.2 Å². The zero-order valence-corrected chi connectivity index (χ0v) is 19.6. The van der Waals surface area contributed by atoms with Crippen LogP contribution >= 0.6 is 35.6 Å². The third kappa shape index (κ3) is 9.40. The molecular formula is C20H24ClF3IN3O2. The summed E-state index contributed by atoms with van der Waals surface area (Å²) in [6, 6.07) is 12.5. The van der Waals surface area contributed by atoms with Crippen molar-refractivity contribution in [3.63, 3.8) is 0 Å². The van der Waals surface area contributed by atoms with Crippen molar-refractivity contribution in [1.82, 2.24) is 10.6 Å². The third-order valence-electron chi connectivity index (χ3n) is 3.94. The number of aliphatic imine (C=N–C) groups is 1. The van der Waals surface area contributed by atoms with Crippen LogP contribution in [0.1, 0.15) is 16.7 Å². The smallest absolute Gasteiger partial charge is 0.411 e. The molecule has 0 radical (unpaired) electrons. The number of nitrogens with one attached hydrogen (secondary N) is 2. The highest BCUT2D eigenvalue weighted by Gasteiger charge is 2.27. The highest BCUT2D eigenvalue weighted by molar-refractivity contribution is 14.0. The number of methoxy groups -OCH3 is 1. The van der Waals surface area contributed by atoms with E-state index in [0.717, 1.165) is 11.1 Å². The van der Waals surface area contributed by atoms with Crippen LogP contribution in [0, 0.1) is 0 Å². The van der Waals surface area contributed by atoms with E-state index in [1.807, 2.05) is 18.2 Å². The molecule has 0 aliphatic rings. The van der Waals surface area contributed by atoms with E-state index in [1.165, 1.54) is 0 Å². The van der Waals surface area contributed by atoms with Crippen molar-refractivity contribution in [1.29, 1.82) is 0 Å². The van der Waals surface area contributed by atoms with E-state index >= 15 is 0 Å². The van der Waals surface area contributed by atoms with E-state index in [4.69, 9.17) is 16.3 Å². The number of hydrogen-bond donors (Lipinski definition) is 2. The van der Waals surface area contributed by atoms with Gasteiger partial charge in [0.25, 0.3) is 0 Å². The number of hydrogen-bond acceptors (Lipinski definition) is 3. The van der Waals surface area contributed by atoms with Gasteiger partial charge in [-0.2, -0.15) is 13.2 Å². The molecule has 0 unspecified atom stereocenters. The van der Waals surface area contributed by atoms with Crippen LogP contribution in [0.4, 0.5) is 13.2 Å². The van der Waals surface area contributed by atoms with E-state index in [0.29, 0.717) is 35.4 Å². The van der Waals surface area contributed by atoms with Gasteiger partial charge in [-0.1, -0.05) is 41.9 Å². The zero-order chi connectivity index (χ0) is 21.3. The SMILES string of the molecule is CN=C(NCc1ccc(COCC(F)(F)F)cc1)NCc1ccc(Cl)cc1OC.I. The molecule has 166 valence electrons. The molecule has 0 aliphatic heterocycles. The van der Waals surface area contributed by atoms with Crippen molar-refractivity contribution in [2.45, 2.75) is 25.9 Å².